The monoisotopic (exact) mass is 283 g/mol. The number of nitrogens with one attached hydrogen (secondary N) is 2. The molecule has 8 heteroatoms. The zero-order valence-corrected chi connectivity index (χ0v) is 11.3. The van der Waals surface area contributed by atoms with Crippen molar-refractivity contribution in [1.29, 1.82) is 0 Å². The first-order valence-corrected chi connectivity index (χ1v) is 5.83. The van der Waals surface area contributed by atoms with Gasteiger partial charge in [-0.1, -0.05) is 0 Å². The van der Waals surface area contributed by atoms with Crippen LogP contribution in [0.3, 0.4) is 0 Å². The largest absolute Gasteiger partial charge is 0.476 e. The Morgan fingerprint density at radius 2 is 2.20 bits per heavy atom. The average Bonchev–Trinajstić information content (AvgIpc) is 2.43. The quantitative estimate of drug-likeness (QED) is 0.674. The average molecular weight is 283 g/mol. The summed E-state index contributed by atoms with van der Waals surface area (Å²) >= 11 is 0. The number of hydrogen-bond donors (Lipinski definition) is 3. The highest BCUT2D eigenvalue weighted by molar-refractivity contribution is 5.98. The highest BCUT2D eigenvalue weighted by atomic mass is 16.5. The number of aromatic carboxylic acids is 1. The number of hydrogen-bond acceptors (Lipinski definition) is 5. The fraction of sp³-hybridized carbons (Fsp3) is 0.417. The lowest BCUT2D eigenvalue weighted by Crippen LogP contribution is -2.38. The summed E-state index contributed by atoms with van der Waals surface area (Å²) in [6.45, 7) is 0.572. The van der Waals surface area contributed by atoms with Crippen LogP contribution in [0.25, 0.3) is 0 Å². The molecule has 1 atom stereocenters. The Morgan fingerprint density at radius 3 is 2.80 bits per heavy atom. The molecule has 1 aromatic heterocycles. The molecule has 3 N–H and O–H groups in total. The van der Waals surface area contributed by atoms with Gasteiger partial charge in [0.15, 0.2) is 5.69 Å². The van der Waals surface area contributed by atoms with E-state index in [2.05, 4.69) is 15.6 Å². The van der Waals surface area contributed by atoms with Crippen molar-refractivity contribution in [1.82, 2.24) is 10.3 Å². The molecule has 1 heterocycles. The van der Waals surface area contributed by atoms with Gasteiger partial charge >= 0.3 is 12.0 Å². The summed E-state index contributed by atoms with van der Waals surface area (Å²) in [4.78, 5) is 26.3. The molecule has 0 aliphatic carbocycles. The number of carbonyl (C=O) groups is 2. The Bertz CT molecular complexity index is 466. The van der Waals surface area contributed by atoms with Crippen LogP contribution in [0.5, 0.6) is 0 Å². The van der Waals surface area contributed by atoms with Gasteiger partial charge in [-0.15, -0.1) is 0 Å². The minimum absolute atomic E-state index is 0.123. The molecule has 0 aliphatic rings. The molecule has 0 bridgehead atoms. The maximum absolute atomic E-state index is 11.7. The van der Waals surface area contributed by atoms with Crippen molar-refractivity contribution in [3.05, 3.63) is 24.0 Å². The molecule has 1 unspecified atom stereocenters. The van der Waals surface area contributed by atoms with Crippen molar-refractivity contribution in [2.75, 3.05) is 32.7 Å². The summed E-state index contributed by atoms with van der Waals surface area (Å²) in [5.41, 5.74) is -0.0963. The molecule has 0 saturated carbocycles. The fourth-order valence-electron chi connectivity index (χ4n) is 1.45. The number of rotatable bonds is 7. The molecule has 0 spiro atoms. The second kappa shape index (κ2) is 8.08. The number of ether oxygens (including phenoxy) is 2. The van der Waals surface area contributed by atoms with Crippen LogP contribution in [0.1, 0.15) is 10.5 Å². The normalized spacial score (nSPS) is 11.7. The summed E-state index contributed by atoms with van der Waals surface area (Å²) in [6, 6.07) is 2.45. The van der Waals surface area contributed by atoms with Crippen molar-refractivity contribution >= 4 is 17.7 Å². The molecule has 0 fully saturated rings. The van der Waals surface area contributed by atoms with Crippen LogP contribution in [0.4, 0.5) is 10.5 Å². The lowest BCUT2D eigenvalue weighted by atomic mass is 10.3. The predicted octanol–water partition coefficient (Wildman–Crippen LogP) is 0.563. The molecule has 0 aromatic carbocycles. The van der Waals surface area contributed by atoms with E-state index in [4.69, 9.17) is 14.6 Å². The molecule has 0 saturated heterocycles. The number of carbonyl (C=O) groups excluding carboxylic acids is 1. The zero-order chi connectivity index (χ0) is 15.0. The molecule has 110 valence electrons. The van der Waals surface area contributed by atoms with E-state index in [1.807, 2.05) is 0 Å². The van der Waals surface area contributed by atoms with Crippen LogP contribution in [0, 0.1) is 0 Å². The smallest absolute Gasteiger partial charge is 0.356 e. The number of anilines is 1. The van der Waals surface area contributed by atoms with Gasteiger partial charge in [-0.2, -0.15) is 0 Å². The maximum Gasteiger partial charge on any atom is 0.356 e. The third-order valence-corrected chi connectivity index (χ3v) is 2.43. The number of pyridine rings is 1. The van der Waals surface area contributed by atoms with Crippen LogP contribution >= 0.6 is 0 Å². The number of nitrogens with zero attached hydrogens (tertiary/aromatic N) is 1. The van der Waals surface area contributed by atoms with Crippen LogP contribution in [0.2, 0.25) is 0 Å². The Labute approximate surface area is 116 Å². The number of amides is 2. The summed E-state index contributed by atoms with van der Waals surface area (Å²) in [7, 11) is 3.04. The van der Waals surface area contributed by atoms with Gasteiger partial charge in [0.2, 0.25) is 0 Å². The molecule has 20 heavy (non-hydrogen) atoms. The van der Waals surface area contributed by atoms with E-state index < -0.39 is 12.0 Å². The first-order valence-electron chi connectivity index (χ1n) is 5.83. The minimum Gasteiger partial charge on any atom is -0.476 e. The molecule has 1 aromatic rings. The first-order chi connectivity index (χ1) is 9.58. The minimum atomic E-state index is -1.21. The van der Waals surface area contributed by atoms with Crippen LogP contribution in [0.15, 0.2) is 18.3 Å². The summed E-state index contributed by atoms with van der Waals surface area (Å²) < 4.78 is 9.99. The van der Waals surface area contributed by atoms with Crippen LogP contribution in [-0.2, 0) is 9.47 Å². The van der Waals surface area contributed by atoms with Gasteiger partial charge in [0.1, 0.15) is 0 Å². The van der Waals surface area contributed by atoms with Crippen LogP contribution < -0.4 is 10.6 Å². The SMILES string of the molecule is COCC(CNC(=O)Nc1cccnc1C(=O)O)OC. The van der Waals surface area contributed by atoms with E-state index in [0.717, 1.165) is 0 Å². The number of carboxylic acid groups (broad SMARTS) is 1. The standard InChI is InChI=1S/C12H17N3O5/c1-19-7-8(20-2)6-14-12(18)15-9-4-3-5-13-10(9)11(16)17/h3-5,8H,6-7H2,1-2H3,(H,16,17)(H2,14,15,18). The molecule has 0 aliphatic heterocycles. The molecule has 0 radical (unpaired) electrons. The summed E-state index contributed by atoms with van der Waals surface area (Å²) in [6.07, 6.45) is 1.06. The Kier molecular flexibility index (Phi) is 6.41. The van der Waals surface area contributed by atoms with Crippen molar-refractivity contribution in [2.45, 2.75) is 6.10 Å². The van der Waals surface area contributed by atoms with Crippen molar-refractivity contribution < 1.29 is 24.2 Å². The van der Waals surface area contributed by atoms with E-state index in [0.29, 0.717) is 6.61 Å². The van der Waals surface area contributed by atoms with Gasteiger partial charge in [0, 0.05) is 27.0 Å². The number of methoxy groups -OCH3 is 2. The van der Waals surface area contributed by atoms with Crippen molar-refractivity contribution in [2.24, 2.45) is 0 Å². The zero-order valence-electron chi connectivity index (χ0n) is 11.3. The first kappa shape index (κ1) is 15.9. The molecule has 1 rings (SSSR count). The highest BCUT2D eigenvalue weighted by Crippen LogP contribution is 2.11. The number of carboxylic acids is 1. The van der Waals surface area contributed by atoms with Gasteiger partial charge in [-0.3, -0.25) is 0 Å². The second-order valence-corrected chi connectivity index (χ2v) is 3.85. The third kappa shape index (κ3) is 4.82. The highest BCUT2D eigenvalue weighted by Gasteiger charge is 2.14. The lowest BCUT2D eigenvalue weighted by Gasteiger charge is -2.15. The van der Waals surface area contributed by atoms with Gasteiger partial charge in [-0.05, 0) is 12.1 Å². The van der Waals surface area contributed by atoms with E-state index >= 15 is 0 Å². The maximum atomic E-state index is 11.7. The van der Waals surface area contributed by atoms with Crippen LogP contribution in [-0.4, -0.2) is 55.6 Å². The predicted molar refractivity (Wildman–Crippen MR) is 70.9 cm³/mol. The molecular formula is C12H17N3O5. The third-order valence-electron chi connectivity index (χ3n) is 2.43. The van der Waals surface area contributed by atoms with Crippen molar-refractivity contribution in [3.8, 4) is 0 Å². The van der Waals surface area contributed by atoms with Gasteiger partial charge in [-0.25, -0.2) is 14.6 Å². The van der Waals surface area contributed by atoms with Gasteiger partial charge in [0.05, 0.1) is 18.4 Å². The Hall–Kier alpha value is -2.19. The van der Waals surface area contributed by atoms with E-state index in [1.54, 1.807) is 0 Å². The molecule has 8 nitrogen and oxygen atoms in total. The van der Waals surface area contributed by atoms with E-state index in [-0.39, 0.29) is 24.0 Å². The molecular weight excluding hydrogens is 266 g/mol. The van der Waals surface area contributed by atoms with Gasteiger partial charge in [0.25, 0.3) is 0 Å². The lowest BCUT2D eigenvalue weighted by molar-refractivity contribution is 0.0307. The Morgan fingerprint density at radius 1 is 1.45 bits per heavy atom. The van der Waals surface area contributed by atoms with E-state index in [1.165, 1.54) is 32.5 Å². The Balaban J connectivity index is 2.56. The molecule has 2 amide bonds. The summed E-state index contributed by atoms with van der Waals surface area (Å²) in [5.74, 6) is -1.21. The second-order valence-electron chi connectivity index (χ2n) is 3.85. The fourth-order valence-corrected chi connectivity index (χ4v) is 1.45. The topological polar surface area (TPSA) is 110 Å². The summed E-state index contributed by atoms with van der Waals surface area (Å²) in [5, 5.41) is 13.9. The van der Waals surface area contributed by atoms with Gasteiger partial charge < -0.3 is 25.2 Å². The van der Waals surface area contributed by atoms with Crippen molar-refractivity contribution in [3.63, 3.8) is 0 Å². The van der Waals surface area contributed by atoms with E-state index in [9.17, 15) is 9.59 Å². The number of urea groups is 1. The number of aromatic nitrogens is 1.